The van der Waals surface area contributed by atoms with Gasteiger partial charge in [0, 0.05) is 46.0 Å². The summed E-state index contributed by atoms with van der Waals surface area (Å²) in [5, 5.41) is 4.82. The summed E-state index contributed by atoms with van der Waals surface area (Å²) in [4.78, 5) is 2.90. The summed E-state index contributed by atoms with van der Waals surface area (Å²) in [6.45, 7) is 0.135. The van der Waals surface area contributed by atoms with Crippen LogP contribution in [0.3, 0.4) is 0 Å². The molecule has 0 saturated carbocycles. The number of nitrogens with one attached hydrogen (secondary N) is 2. The minimum absolute atomic E-state index is 0.135. The second-order valence-electron chi connectivity index (χ2n) is 8.60. The fourth-order valence-corrected chi connectivity index (χ4v) is 5.17. The first-order chi connectivity index (χ1) is 18.8. The molecule has 0 atom stereocenters. The van der Waals surface area contributed by atoms with Crippen molar-refractivity contribution in [2.24, 2.45) is 0 Å². The van der Waals surface area contributed by atoms with Gasteiger partial charge in [-0.25, -0.2) is 4.99 Å². The van der Waals surface area contributed by atoms with Crippen LogP contribution >= 0.6 is 0 Å². The molecule has 1 aliphatic heterocycles. The van der Waals surface area contributed by atoms with Crippen LogP contribution < -0.4 is 25.1 Å². The third-order valence-electron chi connectivity index (χ3n) is 6.22. The smallest absolute Gasteiger partial charge is 0.295 e. The van der Waals surface area contributed by atoms with Crippen molar-refractivity contribution in [3.05, 3.63) is 84.2 Å². The van der Waals surface area contributed by atoms with E-state index in [0.29, 0.717) is 56.3 Å². The highest BCUT2D eigenvalue weighted by atomic mass is 32.2. The number of ether oxygens (including phenoxy) is 2. The summed E-state index contributed by atoms with van der Waals surface area (Å²) < 4.78 is 51.9. The first kappa shape index (κ1) is 25.9. The second-order valence-corrected chi connectivity index (χ2v) is 9.99. The van der Waals surface area contributed by atoms with E-state index in [0.717, 1.165) is 5.36 Å². The molecule has 3 N–H and O–H groups in total. The fourth-order valence-electron chi connectivity index (χ4n) is 4.47. The molecule has 9 heteroatoms. The third-order valence-corrected chi connectivity index (χ3v) is 7.13. The monoisotopic (exact) mass is 541 g/mol. The maximum Gasteiger partial charge on any atom is 0.295 e. The first-order valence-electron chi connectivity index (χ1n) is 11.9. The molecule has 1 aliphatic carbocycles. The van der Waals surface area contributed by atoms with Gasteiger partial charge in [-0.05, 0) is 36.4 Å². The number of hydrogen-bond donors (Lipinski definition) is 3. The number of rotatable bonds is 7. The zero-order valence-electron chi connectivity index (χ0n) is 21.2. The summed E-state index contributed by atoms with van der Waals surface area (Å²) in [6, 6.07) is 22.7. The van der Waals surface area contributed by atoms with Crippen LogP contribution in [0.25, 0.3) is 33.4 Å². The Bertz CT molecular complexity index is 1890. The molecule has 0 amide bonds. The topological polar surface area (TPSA) is 112 Å². The van der Waals surface area contributed by atoms with Gasteiger partial charge >= 0.3 is 0 Å². The van der Waals surface area contributed by atoms with Crippen molar-refractivity contribution in [1.82, 2.24) is 0 Å². The lowest BCUT2D eigenvalue weighted by Crippen LogP contribution is -2.71. The van der Waals surface area contributed by atoms with E-state index in [9.17, 15) is 13.0 Å². The molecule has 0 fully saturated rings. The van der Waals surface area contributed by atoms with Crippen LogP contribution in [0.4, 0.5) is 11.4 Å². The summed E-state index contributed by atoms with van der Waals surface area (Å²) in [7, 11) is -1.12. The predicted octanol–water partition coefficient (Wildman–Crippen LogP) is 3.83. The molecule has 0 spiro atoms. The van der Waals surface area contributed by atoms with E-state index in [2.05, 4.69) is 16.2 Å². The lowest BCUT2D eigenvalue weighted by atomic mass is 9.93. The molecule has 2 aliphatic rings. The SMILES string of the molecule is C#CCOc1ccc(OC)c(Nc2ccc3c(-c4ccccc4S(=O)(=O)O)c4ccc(=[NH+]C)cc-4oc3c2)c1. The van der Waals surface area contributed by atoms with Gasteiger partial charge in [-0.3, -0.25) is 4.55 Å². The van der Waals surface area contributed by atoms with Gasteiger partial charge in [0.15, 0.2) is 0 Å². The molecule has 0 radical (unpaired) electrons. The molecule has 8 nitrogen and oxygen atoms in total. The molecule has 5 rings (SSSR count). The summed E-state index contributed by atoms with van der Waals surface area (Å²) in [6.07, 6.45) is 5.31. The third kappa shape index (κ3) is 5.16. The molecule has 196 valence electrons. The van der Waals surface area contributed by atoms with Crippen LogP contribution in [0.5, 0.6) is 11.5 Å². The zero-order valence-corrected chi connectivity index (χ0v) is 22.0. The fraction of sp³-hybridized carbons (Fsp3) is 0.100. The van der Waals surface area contributed by atoms with Crippen molar-refractivity contribution < 1.29 is 31.9 Å². The Labute approximate surface area is 225 Å². The van der Waals surface area contributed by atoms with Crippen molar-refractivity contribution in [3.8, 4) is 46.3 Å². The van der Waals surface area contributed by atoms with Gasteiger partial charge in [-0.2, -0.15) is 8.42 Å². The molecule has 1 heterocycles. The Morgan fingerprint density at radius 1 is 1.03 bits per heavy atom. The van der Waals surface area contributed by atoms with E-state index in [1.807, 2.05) is 36.4 Å². The number of benzene rings is 4. The highest BCUT2D eigenvalue weighted by molar-refractivity contribution is 7.86. The largest absolute Gasteiger partial charge is 0.495 e. The van der Waals surface area contributed by atoms with E-state index in [1.165, 1.54) is 6.07 Å². The van der Waals surface area contributed by atoms with Gasteiger partial charge in [-0.1, -0.05) is 24.1 Å². The maximum atomic E-state index is 12.3. The Morgan fingerprint density at radius 3 is 2.59 bits per heavy atom. The molecular formula is C30H25N2O6S+. The first-order valence-corrected chi connectivity index (χ1v) is 13.4. The van der Waals surface area contributed by atoms with Crippen molar-refractivity contribution in [1.29, 1.82) is 0 Å². The molecule has 0 unspecified atom stereocenters. The van der Waals surface area contributed by atoms with Crippen molar-refractivity contribution in [2.75, 3.05) is 26.1 Å². The molecule has 0 saturated heterocycles. The van der Waals surface area contributed by atoms with Gasteiger partial charge in [0.1, 0.15) is 41.4 Å². The number of terminal acetylenes is 1. The summed E-state index contributed by atoms with van der Waals surface area (Å²) >= 11 is 0. The van der Waals surface area contributed by atoms with Gasteiger partial charge in [-0.15, -0.1) is 6.42 Å². The van der Waals surface area contributed by atoms with E-state index >= 15 is 0 Å². The number of hydrogen-bond acceptors (Lipinski definition) is 6. The van der Waals surface area contributed by atoms with E-state index in [4.69, 9.17) is 20.3 Å². The van der Waals surface area contributed by atoms with Crippen LogP contribution in [0.15, 0.2) is 88.2 Å². The van der Waals surface area contributed by atoms with Crippen LogP contribution in [-0.2, 0) is 10.1 Å². The molecule has 3 aromatic carbocycles. The van der Waals surface area contributed by atoms with Gasteiger partial charge in [0.05, 0.1) is 18.9 Å². The molecule has 0 aromatic heterocycles. The van der Waals surface area contributed by atoms with Crippen molar-refractivity contribution >= 4 is 32.5 Å². The quantitative estimate of drug-likeness (QED) is 0.163. The number of anilines is 2. The molecule has 39 heavy (non-hydrogen) atoms. The minimum atomic E-state index is -4.49. The summed E-state index contributed by atoms with van der Waals surface area (Å²) in [5.41, 5.74) is 3.52. The van der Waals surface area contributed by atoms with Gasteiger partial charge in [0.25, 0.3) is 10.1 Å². The predicted molar refractivity (Wildman–Crippen MR) is 149 cm³/mol. The Hall–Kier alpha value is -4.78. The lowest BCUT2D eigenvalue weighted by molar-refractivity contribution is -0.465. The lowest BCUT2D eigenvalue weighted by Gasteiger charge is -2.18. The Balaban J connectivity index is 1.72. The Kier molecular flexibility index (Phi) is 6.98. The van der Waals surface area contributed by atoms with Crippen molar-refractivity contribution in [2.45, 2.75) is 4.90 Å². The standard InChI is InChI=1S/C30H24N2O6S/c1-4-15-37-21-11-14-26(36-3)25(18-21)32-20-10-13-23-28(17-20)38-27-16-19(31-2)9-12-22(27)30(23)24-7-5-6-8-29(24)39(33,34)35/h1,5-14,16-18,32H,15H2,2-3H3,(H,33,34,35)/p+1. The molecule has 3 aromatic rings. The number of methoxy groups -OCH3 is 1. The van der Waals surface area contributed by atoms with Crippen LogP contribution in [0.1, 0.15) is 0 Å². The number of fused-ring (bicyclic) bond motifs is 2. The van der Waals surface area contributed by atoms with E-state index < -0.39 is 10.1 Å². The highest BCUT2D eigenvalue weighted by Crippen LogP contribution is 2.43. The van der Waals surface area contributed by atoms with E-state index in [-0.39, 0.29) is 11.5 Å². The van der Waals surface area contributed by atoms with Crippen LogP contribution in [-0.4, -0.2) is 33.7 Å². The average Bonchev–Trinajstić information content (AvgIpc) is 2.94. The maximum absolute atomic E-state index is 12.3. The minimum Gasteiger partial charge on any atom is -0.495 e. The second kappa shape index (κ2) is 10.5. The normalized spacial score (nSPS) is 11.9. The molecular weight excluding hydrogens is 516 g/mol. The Morgan fingerprint density at radius 2 is 1.85 bits per heavy atom. The van der Waals surface area contributed by atoms with E-state index in [1.54, 1.807) is 50.6 Å². The van der Waals surface area contributed by atoms with Crippen molar-refractivity contribution in [3.63, 3.8) is 0 Å². The summed E-state index contributed by atoms with van der Waals surface area (Å²) in [5.74, 6) is 4.16. The van der Waals surface area contributed by atoms with Gasteiger partial charge < -0.3 is 19.2 Å². The van der Waals surface area contributed by atoms with Gasteiger partial charge in [0.2, 0.25) is 5.36 Å². The van der Waals surface area contributed by atoms with Crippen LogP contribution in [0, 0.1) is 12.3 Å². The van der Waals surface area contributed by atoms with Crippen LogP contribution in [0.2, 0.25) is 0 Å². The average molecular weight is 542 g/mol. The highest BCUT2D eigenvalue weighted by Gasteiger charge is 2.23. The zero-order chi connectivity index (χ0) is 27.6. The molecule has 0 bridgehead atoms.